The second kappa shape index (κ2) is 8.95. The summed E-state index contributed by atoms with van der Waals surface area (Å²) in [6.07, 6.45) is -0.223. The van der Waals surface area contributed by atoms with Crippen LogP contribution in [0.4, 0.5) is 0 Å². The van der Waals surface area contributed by atoms with Gasteiger partial charge in [0.2, 0.25) is 0 Å². The molecule has 0 amide bonds. The molecule has 2 fully saturated rings. The molecule has 3 nitrogen and oxygen atoms in total. The van der Waals surface area contributed by atoms with E-state index in [0.29, 0.717) is 13.2 Å². The van der Waals surface area contributed by atoms with Crippen LogP contribution in [0.25, 0.3) is 22.3 Å². The van der Waals surface area contributed by atoms with Crippen molar-refractivity contribution in [1.29, 1.82) is 0 Å². The average Bonchev–Trinajstić information content (AvgIpc) is 3.81. The summed E-state index contributed by atoms with van der Waals surface area (Å²) in [5, 5.41) is 0. The SMILES string of the molecule is c1ccc(-c2ccccc2C(OC(c2ccccc2-c2ccccc2)C2CO2)C2CO2)cc1. The third-order valence-corrected chi connectivity index (χ3v) is 6.39. The Morgan fingerprint density at radius 3 is 1.27 bits per heavy atom. The molecule has 0 radical (unpaired) electrons. The van der Waals surface area contributed by atoms with Crippen LogP contribution in [0.5, 0.6) is 0 Å². The molecule has 4 aromatic carbocycles. The van der Waals surface area contributed by atoms with E-state index in [1.807, 2.05) is 12.1 Å². The second-order valence-electron chi connectivity index (χ2n) is 8.63. The fourth-order valence-corrected chi connectivity index (χ4v) is 4.59. The smallest absolute Gasteiger partial charge is 0.112 e. The lowest BCUT2D eigenvalue weighted by Gasteiger charge is -2.27. The van der Waals surface area contributed by atoms with Crippen LogP contribution in [0.15, 0.2) is 109 Å². The molecule has 164 valence electrons. The molecular weight excluding hydrogens is 408 g/mol. The maximum Gasteiger partial charge on any atom is 0.112 e. The van der Waals surface area contributed by atoms with E-state index in [1.54, 1.807) is 0 Å². The van der Waals surface area contributed by atoms with Crippen molar-refractivity contribution in [3.8, 4) is 22.3 Å². The first-order valence-electron chi connectivity index (χ1n) is 11.6. The number of ether oxygens (including phenoxy) is 3. The summed E-state index contributed by atoms with van der Waals surface area (Å²) in [6.45, 7) is 1.43. The molecule has 0 spiro atoms. The normalized spacial score (nSPS) is 20.7. The molecule has 0 aliphatic carbocycles. The van der Waals surface area contributed by atoms with Crippen LogP contribution >= 0.6 is 0 Å². The second-order valence-corrected chi connectivity index (χ2v) is 8.63. The van der Waals surface area contributed by atoms with Crippen LogP contribution in [0.2, 0.25) is 0 Å². The van der Waals surface area contributed by atoms with Crippen LogP contribution in [0.3, 0.4) is 0 Å². The van der Waals surface area contributed by atoms with E-state index in [4.69, 9.17) is 14.2 Å². The van der Waals surface area contributed by atoms with Gasteiger partial charge in [-0.15, -0.1) is 0 Å². The van der Waals surface area contributed by atoms with E-state index < -0.39 is 0 Å². The molecular formula is C30H26O3. The highest BCUT2D eigenvalue weighted by molar-refractivity contribution is 5.69. The zero-order valence-corrected chi connectivity index (χ0v) is 18.3. The minimum Gasteiger partial charge on any atom is -0.370 e. The van der Waals surface area contributed by atoms with Crippen LogP contribution in [-0.4, -0.2) is 25.4 Å². The van der Waals surface area contributed by atoms with Crippen molar-refractivity contribution in [3.63, 3.8) is 0 Å². The average molecular weight is 435 g/mol. The maximum absolute atomic E-state index is 6.94. The molecule has 33 heavy (non-hydrogen) atoms. The predicted octanol–water partition coefficient (Wildman–Crippen LogP) is 6.62. The van der Waals surface area contributed by atoms with Crippen LogP contribution < -0.4 is 0 Å². The first-order valence-corrected chi connectivity index (χ1v) is 11.6. The minimum atomic E-state index is -0.167. The summed E-state index contributed by atoms with van der Waals surface area (Å²) in [5.41, 5.74) is 7.07. The van der Waals surface area contributed by atoms with Crippen molar-refractivity contribution in [2.45, 2.75) is 24.4 Å². The Balaban J connectivity index is 1.39. The van der Waals surface area contributed by atoms with Gasteiger partial charge in [-0.2, -0.15) is 0 Å². The number of benzene rings is 4. The van der Waals surface area contributed by atoms with Gasteiger partial charge in [0.15, 0.2) is 0 Å². The first-order chi connectivity index (χ1) is 16.4. The van der Waals surface area contributed by atoms with E-state index in [2.05, 4.69) is 97.1 Å². The van der Waals surface area contributed by atoms with Crippen LogP contribution in [0.1, 0.15) is 23.3 Å². The van der Waals surface area contributed by atoms with E-state index in [-0.39, 0.29) is 24.4 Å². The zero-order chi connectivity index (χ0) is 22.0. The summed E-state index contributed by atoms with van der Waals surface area (Å²) < 4.78 is 18.5. The summed E-state index contributed by atoms with van der Waals surface area (Å²) in [5.74, 6) is 0. The Hall–Kier alpha value is -3.24. The van der Waals surface area contributed by atoms with Gasteiger partial charge < -0.3 is 14.2 Å². The fourth-order valence-electron chi connectivity index (χ4n) is 4.59. The largest absolute Gasteiger partial charge is 0.370 e. The van der Waals surface area contributed by atoms with E-state index >= 15 is 0 Å². The number of hydrogen-bond donors (Lipinski definition) is 0. The molecule has 2 aliphatic rings. The van der Waals surface area contributed by atoms with E-state index in [0.717, 1.165) is 11.1 Å². The van der Waals surface area contributed by atoms with Gasteiger partial charge in [-0.3, -0.25) is 0 Å². The fraction of sp³-hybridized carbons (Fsp3) is 0.200. The molecule has 0 aromatic heterocycles. The molecule has 3 heteroatoms. The van der Waals surface area contributed by atoms with Gasteiger partial charge in [0, 0.05) is 0 Å². The highest BCUT2D eigenvalue weighted by Crippen LogP contribution is 2.44. The standard InChI is InChI=1S/C30H26O3/c1-3-11-21(12-4-1)23-15-7-9-17-25(23)29(27-19-31-27)33-30(28-20-32-28)26-18-10-8-16-24(26)22-13-5-2-6-14-22/h1-18,27-30H,19-20H2. The lowest BCUT2D eigenvalue weighted by molar-refractivity contribution is -0.0413. The Kier molecular flexibility index (Phi) is 5.53. The zero-order valence-electron chi connectivity index (χ0n) is 18.3. The number of rotatable bonds is 8. The van der Waals surface area contributed by atoms with Gasteiger partial charge in [-0.25, -0.2) is 0 Å². The highest BCUT2D eigenvalue weighted by Gasteiger charge is 2.43. The minimum absolute atomic E-state index is 0.0556. The van der Waals surface area contributed by atoms with Crippen molar-refractivity contribution in [2.24, 2.45) is 0 Å². The highest BCUT2D eigenvalue weighted by atomic mass is 16.6. The van der Waals surface area contributed by atoms with Gasteiger partial charge in [0.05, 0.1) is 13.2 Å². The Morgan fingerprint density at radius 2 is 0.879 bits per heavy atom. The predicted molar refractivity (Wildman–Crippen MR) is 130 cm³/mol. The number of epoxide rings is 2. The molecule has 6 rings (SSSR count). The van der Waals surface area contributed by atoms with Crippen molar-refractivity contribution in [1.82, 2.24) is 0 Å². The molecule has 4 unspecified atom stereocenters. The van der Waals surface area contributed by atoms with Gasteiger partial charge in [-0.1, -0.05) is 109 Å². The summed E-state index contributed by atoms with van der Waals surface area (Å²) >= 11 is 0. The van der Waals surface area contributed by atoms with E-state index in [9.17, 15) is 0 Å². The van der Waals surface area contributed by atoms with Crippen LogP contribution in [-0.2, 0) is 14.2 Å². The quantitative estimate of drug-likeness (QED) is 0.292. The van der Waals surface area contributed by atoms with Gasteiger partial charge >= 0.3 is 0 Å². The van der Waals surface area contributed by atoms with Gasteiger partial charge in [0.25, 0.3) is 0 Å². The summed E-state index contributed by atoms with van der Waals surface area (Å²) in [7, 11) is 0. The Morgan fingerprint density at radius 1 is 0.515 bits per heavy atom. The maximum atomic E-state index is 6.94. The molecule has 0 N–H and O–H groups in total. The first kappa shape index (κ1) is 20.4. The van der Waals surface area contributed by atoms with Crippen molar-refractivity contribution >= 4 is 0 Å². The monoisotopic (exact) mass is 434 g/mol. The molecule has 0 saturated carbocycles. The molecule has 2 heterocycles. The third kappa shape index (κ3) is 4.36. The molecule has 2 saturated heterocycles. The lowest BCUT2D eigenvalue weighted by Crippen LogP contribution is -2.20. The van der Waals surface area contributed by atoms with Crippen molar-refractivity contribution in [3.05, 3.63) is 120 Å². The Labute approximate surface area is 194 Å². The summed E-state index contributed by atoms with van der Waals surface area (Å²) in [4.78, 5) is 0. The molecule has 0 bridgehead atoms. The molecule has 2 aliphatic heterocycles. The lowest BCUT2D eigenvalue weighted by atomic mass is 9.93. The molecule has 4 aromatic rings. The molecule has 4 atom stereocenters. The topological polar surface area (TPSA) is 34.3 Å². The third-order valence-electron chi connectivity index (χ3n) is 6.39. The Bertz CT molecular complexity index is 1120. The van der Waals surface area contributed by atoms with E-state index in [1.165, 1.54) is 22.3 Å². The van der Waals surface area contributed by atoms with Crippen molar-refractivity contribution < 1.29 is 14.2 Å². The van der Waals surface area contributed by atoms with Crippen LogP contribution in [0, 0.1) is 0 Å². The summed E-state index contributed by atoms with van der Waals surface area (Å²) in [6, 6.07) is 38.0. The van der Waals surface area contributed by atoms with Crippen molar-refractivity contribution in [2.75, 3.05) is 13.2 Å². The van der Waals surface area contributed by atoms with Gasteiger partial charge in [-0.05, 0) is 33.4 Å². The van der Waals surface area contributed by atoms with Gasteiger partial charge in [0.1, 0.15) is 24.4 Å². The number of hydrogen-bond acceptors (Lipinski definition) is 3.